The molecule has 0 radical (unpaired) electrons. The van der Waals surface area contributed by atoms with Gasteiger partial charge in [-0.2, -0.15) is 0 Å². The highest BCUT2D eigenvalue weighted by Gasteiger charge is 2.36. The van der Waals surface area contributed by atoms with Crippen molar-refractivity contribution in [2.24, 2.45) is 0 Å². The Morgan fingerprint density at radius 2 is 2.04 bits per heavy atom. The van der Waals surface area contributed by atoms with E-state index in [9.17, 15) is 4.79 Å². The van der Waals surface area contributed by atoms with Crippen LogP contribution in [-0.4, -0.2) is 59.0 Å². The van der Waals surface area contributed by atoms with Crippen molar-refractivity contribution in [3.05, 3.63) is 53.6 Å². The monoisotopic (exact) mass is 383 g/mol. The summed E-state index contributed by atoms with van der Waals surface area (Å²) in [6.07, 6.45) is 3.72. The van der Waals surface area contributed by atoms with Gasteiger partial charge in [0.1, 0.15) is 6.04 Å². The van der Waals surface area contributed by atoms with E-state index in [0.717, 1.165) is 43.9 Å². The Kier molecular flexibility index (Phi) is 6.86. The van der Waals surface area contributed by atoms with E-state index in [2.05, 4.69) is 76.9 Å². The van der Waals surface area contributed by atoms with E-state index in [0.29, 0.717) is 6.54 Å². The number of carbonyl (C=O) groups is 1. The lowest BCUT2D eigenvalue weighted by Gasteiger charge is -2.36. The smallest absolute Gasteiger partial charge is 0.243 e. The Morgan fingerprint density at radius 1 is 1.29 bits per heavy atom. The van der Waals surface area contributed by atoms with Gasteiger partial charge >= 0.3 is 0 Å². The average molecular weight is 384 g/mol. The summed E-state index contributed by atoms with van der Waals surface area (Å²) >= 11 is 0. The van der Waals surface area contributed by atoms with E-state index in [-0.39, 0.29) is 18.0 Å². The van der Waals surface area contributed by atoms with Gasteiger partial charge in [0.15, 0.2) is 0 Å². The van der Waals surface area contributed by atoms with Crippen molar-refractivity contribution in [1.29, 1.82) is 0 Å². The van der Waals surface area contributed by atoms with Crippen LogP contribution in [0.15, 0.2) is 36.7 Å². The molecule has 0 bridgehead atoms. The van der Waals surface area contributed by atoms with Gasteiger partial charge in [-0.25, -0.2) is 4.98 Å². The molecule has 1 aromatic carbocycles. The Labute approximate surface area is 168 Å². The van der Waals surface area contributed by atoms with Gasteiger partial charge in [0.25, 0.3) is 0 Å². The molecule has 6 nitrogen and oxygen atoms in total. The predicted octanol–water partition coefficient (Wildman–Crippen LogP) is 2.63. The topological polar surface area (TPSA) is 53.4 Å². The van der Waals surface area contributed by atoms with Crippen LogP contribution in [0.1, 0.15) is 49.3 Å². The normalized spacial score (nSPS) is 17.1. The Bertz CT molecular complexity index is 768. The molecule has 1 N–H and O–H groups in total. The molecule has 0 fully saturated rings. The number of amides is 1. The minimum Gasteiger partial charge on any atom is -0.354 e. The van der Waals surface area contributed by atoms with Crippen LogP contribution in [0.3, 0.4) is 0 Å². The summed E-state index contributed by atoms with van der Waals surface area (Å²) in [6.45, 7) is 7.55. The molecule has 152 valence electrons. The fourth-order valence-electron chi connectivity index (χ4n) is 3.85. The largest absolute Gasteiger partial charge is 0.354 e. The number of hydrogen-bond acceptors (Lipinski definition) is 4. The second kappa shape index (κ2) is 9.34. The lowest BCUT2D eigenvalue weighted by molar-refractivity contribution is -0.127. The Balaban J connectivity index is 1.83. The number of imidazole rings is 1. The molecular formula is C22H33N5O. The molecule has 0 spiro atoms. The summed E-state index contributed by atoms with van der Waals surface area (Å²) in [6, 6.07) is 10.4. The molecule has 6 heteroatoms. The highest BCUT2D eigenvalue weighted by Crippen LogP contribution is 2.32. The number of rotatable bonds is 8. The molecule has 0 saturated carbocycles. The molecule has 3 rings (SSSR count). The van der Waals surface area contributed by atoms with Crippen molar-refractivity contribution in [3.63, 3.8) is 0 Å². The number of hydrogen-bond donors (Lipinski definition) is 1. The van der Waals surface area contributed by atoms with Gasteiger partial charge in [0.2, 0.25) is 5.91 Å². The number of nitrogens with one attached hydrogen (secondary N) is 1. The third-order valence-electron chi connectivity index (χ3n) is 5.29. The molecule has 1 amide bonds. The SMILES string of the molecule is CC(C)n1cnc2c1[C@H](C(=O)NCCCN(C)C)N(Cc1ccccc1)CC2. The molecule has 2 aromatic rings. The zero-order chi connectivity index (χ0) is 20.1. The van der Waals surface area contributed by atoms with Gasteiger partial charge in [0, 0.05) is 32.1 Å². The summed E-state index contributed by atoms with van der Waals surface area (Å²) in [7, 11) is 4.11. The first-order valence-electron chi connectivity index (χ1n) is 10.2. The van der Waals surface area contributed by atoms with Crippen molar-refractivity contribution in [1.82, 2.24) is 24.7 Å². The van der Waals surface area contributed by atoms with Gasteiger partial charge in [-0.05, 0) is 46.5 Å². The van der Waals surface area contributed by atoms with E-state index < -0.39 is 0 Å². The minimum atomic E-state index is -0.298. The molecule has 1 atom stereocenters. The van der Waals surface area contributed by atoms with E-state index in [1.807, 2.05) is 12.4 Å². The Morgan fingerprint density at radius 3 is 2.71 bits per heavy atom. The van der Waals surface area contributed by atoms with Crippen LogP contribution >= 0.6 is 0 Å². The lowest BCUT2D eigenvalue weighted by Crippen LogP contribution is -2.45. The fraction of sp³-hybridized carbons (Fsp3) is 0.545. The molecule has 28 heavy (non-hydrogen) atoms. The van der Waals surface area contributed by atoms with Gasteiger partial charge in [-0.15, -0.1) is 0 Å². The van der Waals surface area contributed by atoms with E-state index in [1.165, 1.54) is 5.56 Å². The molecule has 0 unspecified atom stereocenters. The van der Waals surface area contributed by atoms with Crippen molar-refractivity contribution in [2.75, 3.05) is 33.7 Å². The first-order valence-corrected chi connectivity index (χ1v) is 10.2. The quantitative estimate of drug-likeness (QED) is 0.712. The second-order valence-electron chi connectivity index (χ2n) is 8.13. The van der Waals surface area contributed by atoms with Crippen molar-refractivity contribution in [3.8, 4) is 0 Å². The maximum Gasteiger partial charge on any atom is 0.243 e. The molecule has 1 aliphatic rings. The van der Waals surface area contributed by atoms with Crippen molar-refractivity contribution >= 4 is 5.91 Å². The zero-order valence-corrected chi connectivity index (χ0v) is 17.6. The number of carbonyl (C=O) groups excluding carboxylic acids is 1. The zero-order valence-electron chi connectivity index (χ0n) is 17.6. The third-order valence-corrected chi connectivity index (χ3v) is 5.29. The maximum atomic E-state index is 13.3. The van der Waals surface area contributed by atoms with Gasteiger partial charge in [0.05, 0.1) is 17.7 Å². The van der Waals surface area contributed by atoms with Crippen LogP contribution < -0.4 is 5.32 Å². The van der Waals surface area contributed by atoms with Crippen LogP contribution in [0.25, 0.3) is 0 Å². The summed E-state index contributed by atoms with van der Waals surface area (Å²) in [5, 5.41) is 3.17. The van der Waals surface area contributed by atoms with Gasteiger partial charge < -0.3 is 14.8 Å². The average Bonchev–Trinajstić information content (AvgIpc) is 3.10. The molecular weight excluding hydrogens is 350 g/mol. The summed E-state index contributed by atoms with van der Waals surface area (Å²) in [5.74, 6) is 0.0815. The molecule has 2 heterocycles. The van der Waals surface area contributed by atoms with E-state index >= 15 is 0 Å². The fourth-order valence-corrected chi connectivity index (χ4v) is 3.85. The summed E-state index contributed by atoms with van der Waals surface area (Å²) < 4.78 is 2.16. The standard InChI is InChI=1S/C22H33N5O/c1-17(2)27-16-24-19-11-14-26(15-18-9-6-5-7-10-18)21(20(19)27)22(28)23-12-8-13-25(3)4/h5-7,9-10,16-17,21H,8,11-15H2,1-4H3,(H,23,28)/t21-/m1/s1. The number of nitrogens with zero attached hydrogens (tertiary/aromatic N) is 4. The maximum absolute atomic E-state index is 13.3. The predicted molar refractivity (Wildman–Crippen MR) is 112 cm³/mol. The van der Waals surface area contributed by atoms with Crippen LogP contribution in [0, 0.1) is 0 Å². The van der Waals surface area contributed by atoms with Gasteiger partial charge in [-0.3, -0.25) is 9.69 Å². The lowest BCUT2D eigenvalue weighted by atomic mass is 10.00. The van der Waals surface area contributed by atoms with Gasteiger partial charge in [-0.1, -0.05) is 30.3 Å². The van der Waals surface area contributed by atoms with Crippen molar-refractivity contribution < 1.29 is 4.79 Å². The molecule has 1 aromatic heterocycles. The number of aromatic nitrogens is 2. The molecule has 0 aliphatic carbocycles. The van der Waals surface area contributed by atoms with Crippen molar-refractivity contribution in [2.45, 2.75) is 45.3 Å². The first-order chi connectivity index (χ1) is 13.5. The van der Waals surface area contributed by atoms with Crippen LogP contribution in [-0.2, 0) is 17.8 Å². The van der Waals surface area contributed by atoms with E-state index in [1.54, 1.807) is 0 Å². The van der Waals surface area contributed by atoms with Crippen LogP contribution in [0.4, 0.5) is 0 Å². The van der Waals surface area contributed by atoms with E-state index in [4.69, 9.17) is 0 Å². The minimum absolute atomic E-state index is 0.0815. The Hall–Kier alpha value is -2.18. The number of benzene rings is 1. The highest BCUT2D eigenvalue weighted by molar-refractivity contribution is 5.83. The third kappa shape index (κ3) is 4.80. The molecule has 1 aliphatic heterocycles. The highest BCUT2D eigenvalue weighted by atomic mass is 16.2. The summed E-state index contributed by atoms with van der Waals surface area (Å²) in [4.78, 5) is 22.3. The van der Waals surface area contributed by atoms with Crippen LogP contribution in [0.2, 0.25) is 0 Å². The second-order valence-corrected chi connectivity index (χ2v) is 8.13. The van der Waals surface area contributed by atoms with Crippen LogP contribution in [0.5, 0.6) is 0 Å². The summed E-state index contributed by atoms with van der Waals surface area (Å²) in [5.41, 5.74) is 3.35. The molecule has 0 saturated heterocycles. The number of fused-ring (bicyclic) bond motifs is 1. The first kappa shape index (κ1) is 20.6.